The molecule has 0 radical (unpaired) electrons. The molecule has 3 aromatic heterocycles. The quantitative estimate of drug-likeness (QED) is 0.745. The molecule has 0 saturated carbocycles. The molecule has 23 heavy (non-hydrogen) atoms. The Labute approximate surface area is 135 Å². The highest BCUT2D eigenvalue weighted by molar-refractivity contribution is 7.89. The number of fused-ring (bicyclic) bond motifs is 1. The van der Waals surface area contributed by atoms with Gasteiger partial charge < -0.3 is 9.55 Å². The summed E-state index contributed by atoms with van der Waals surface area (Å²) in [6.07, 6.45) is 7.49. The monoisotopic (exact) mass is 333 g/mol. The molecule has 0 spiro atoms. The number of hydrogen-bond acceptors (Lipinski definition) is 4. The number of pyridine rings is 1. The molecule has 3 aromatic rings. The van der Waals surface area contributed by atoms with Crippen molar-refractivity contribution < 1.29 is 8.42 Å². The smallest absolute Gasteiger partial charge is 0.245 e. The van der Waals surface area contributed by atoms with Crippen molar-refractivity contribution in [2.75, 3.05) is 13.6 Å². The molecule has 0 aromatic carbocycles. The number of aromatic nitrogens is 4. The lowest BCUT2D eigenvalue weighted by molar-refractivity contribution is 0.445. The van der Waals surface area contributed by atoms with E-state index >= 15 is 0 Å². The second kappa shape index (κ2) is 6.13. The van der Waals surface area contributed by atoms with E-state index in [1.807, 2.05) is 17.7 Å². The minimum atomic E-state index is -3.54. The van der Waals surface area contributed by atoms with E-state index in [1.165, 1.54) is 10.5 Å². The van der Waals surface area contributed by atoms with Crippen molar-refractivity contribution >= 4 is 21.1 Å². The number of rotatable bonds is 6. The topological polar surface area (TPSA) is 83.9 Å². The second-order valence-electron chi connectivity index (χ2n) is 5.40. The summed E-state index contributed by atoms with van der Waals surface area (Å²) < 4.78 is 28.8. The summed E-state index contributed by atoms with van der Waals surface area (Å²) in [4.78, 5) is 11.5. The second-order valence-corrected chi connectivity index (χ2v) is 7.41. The van der Waals surface area contributed by atoms with Crippen molar-refractivity contribution in [2.45, 2.75) is 24.8 Å². The first-order chi connectivity index (χ1) is 11.0. The van der Waals surface area contributed by atoms with Crippen LogP contribution in [0.15, 0.2) is 41.8 Å². The largest absolute Gasteiger partial charge is 0.345 e. The first-order valence-corrected chi connectivity index (χ1v) is 8.80. The van der Waals surface area contributed by atoms with Gasteiger partial charge in [0.25, 0.3) is 0 Å². The molecule has 0 aliphatic heterocycles. The Morgan fingerprint density at radius 1 is 1.30 bits per heavy atom. The van der Waals surface area contributed by atoms with E-state index in [1.54, 1.807) is 31.6 Å². The standard InChI is InChI=1S/C15H19N5O2S/c1-12-16-7-10-20(12)9-4-8-19(2)23(21,22)14-11-18-15-13(14)5-3-6-17-15/h3,5-7,10-11H,4,8-9H2,1-2H3,(H,17,18). The Bertz CT molecular complexity index is 913. The van der Waals surface area contributed by atoms with Gasteiger partial charge in [-0.1, -0.05) is 0 Å². The third kappa shape index (κ3) is 2.99. The van der Waals surface area contributed by atoms with Crippen LogP contribution in [-0.2, 0) is 16.6 Å². The highest BCUT2D eigenvalue weighted by atomic mass is 32.2. The molecule has 0 unspecified atom stereocenters. The Kier molecular flexibility index (Phi) is 4.18. The van der Waals surface area contributed by atoms with Gasteiger partial charge in [-0.25, -0.2) is 22.7 Å². The molecule has 0 saturated heterocycles. The summed E-state index contributed by atoms with van der Waals surface area (Å²) in [6, 6.07) is 3.49. The predicted octanol–water partition coefficient (Wildman–Crippen LogP) is 1.78. The van der Waals surface area contributed by atoms with Gasteiger partial charge in [0.15, 0.2) is 0 Å². The Morgan fingerprint density at radius 2 is 2.13 bits per heavy atom. The molecular weight excluding hydrogens is 314 g/mol. The molecule has 8 heteroatoms. The highest BCUT2D eigenvalue weighted by Gasteiger charge is 2.24. The van der Waals surface area contributed by atoms with Crippen molar-refractivity contribution in [3.05, 3.63) is 42.7 Å². The number of imidazole rings is 1. The van der Waals surface area contributed by atoms with Crippen LogP contribution in [0.3, 0.4) is 0 Å². The van der Waals surface area contributed by atoms with Gasteiger partial charge in [0.05, 0.1) is 0 Å². The van der Waals surface area contributed by atoms with Gasteiger partial charge in [-0.3, -0.25) is 0 Å². The molecule has 122 valence electrons. The number of nitrogens with zero attached hydrogens (tertiary/aromatic N) is 4. The van der Waals surface area contributed by atoms with Crippen molar-refractivity contribution in [3.8, 4) is 0 Å². The summed E-state index contributed by atoms with van der Waals surface area (Å²) in [6.45, 7) is 3.10. The normalized spacial score (nSPS) is 12.3. The minimum Gasteiger partial charge on any atom is -0.345 e. The molecule has 3 rings (SSSR count). The van der Waals surface area contributed by atoms with Crippen molar-refractivity contribution in [1.82, 2.24) is 23.8 Å². The van der Waals surface area contributed by atoms with Gasteiger partial charge in [-0.05, 0) is 25.5 Å². The van der Waals surface area contributed by atoms with Gasteiger partial charge in [0.2, 0.25) is 10.0 Å². The minimum absolute atomic E-state index is 0.266. The van der Waals surface area contributed by atoms with E-state index in [-0.39, 0.29) is 4.90 Å². The van der Waals surface area contributed by atoms with Gasteiger partial charge in [0.1, 0.15) is 16.4 Å². The predicted molar refractivity (Wildman–Crippen MR) is 87.5 cm³/mol. The summed E-state index contributed by atoms with van der Waals surface area (Å²) >= 11 is 0. The number of nitrogens with one attached hydrogen (secondary N) is 1. The number of aryl methyl sites for hydroxylation is 2. The van der Waals surface area contributed by atoms with E-state index in [2.05, 4.69) is 15.0 Å². The van der Waals surface area contributed by atoms with E-state index in [9.17, 15) is 8.42 Å². The first kappa shape index (κ1) is 15.7. The average molecular weight is 333 g/mol. The van der Waals surface area contributed by atoms with Gasteiger partial charge >= 0.3 is 0 Å². The van der Waals surface area contributed by atoms with Gasteiger partial charge in [-0.2, -0.15) is 0 Å². The lowest BCUT2D eigenvalue weighted by atomic mass is 10.3. The van der Waals surface area contributed by atoms with Crippen LogP contribution >= 0.6 is 0 Å². The average Bonchev–Trinajstić information content (AvgIpc) is 3.14. The molecule has 0 amide bonds. The molecule has 0 atom stereocenters. The lowest BCUT2D eigenvalue weighted by Gasteiger charge is -2.17. The third-order valence-electron chi connectivity index (χ3n) is 3.90. The fourth-order valence-electron chi connectivity index (χ4n) is 2.54. The summed E-state index contributed by atoms with van der Waals surface area (Å²) in [7, 11) is -1.93. The van der Waals surface area contributed by atoms with E-state index in [4.69, 9.17) is 0 Å². The third-order valence-corrected chi connectivity index (χ3v) is 5.79. The number of hydrogen-bond donors (Lipinski definition) is 1. The van der Waals surface area contributed by atoms with Crippen molar-refractivity contribution in [1.29, 1.82) is 0 Å². The van der Waals surface area contributed by atoms with Crippen LogP contribution < -0.4 is 0 Å². The van der Waals surface area contributed by atoms with Crippen LogP contribution in [0.2, 0.25) is 0 Å². The van der Waals surface area contributed by atoms with Gasteiger partial charge in [-0.15, -0.1) is 0 Å². The molecule has 3 heterocycles. The van der Waals surface area contributed by atoms with Crippen LogP contribution in [0.5, 0.6) is 0 Å². The zero-order chi connectivity index (χ0) is 16.4. The first-order valence-electron chi connectivity index (χ1n) is 7.36. The summed E-state index contributed by atoms with van der Waals surface area (Å²) in [5, 5.41) is 0.616. The highest BCUT2D eigenvalue weighted by Crippen LogP contribution is 2.23. The molecule has 0 bridgehead atoms. The van der Waals surface area contributed by atoms with E-state index in [0.717, 1.165) is 12.4 Å². The van der Waals surface area contributed by atoms with Crippen LogP contribution in [0.1, 0.15) is 12.2 Å². The van der Waals surface area contributed by atoms with E-state index < -0.39 is 10.0 Å². The van der Waals surface area contributed by atoms with Crippen LogP contribution in [0, 0.1) is 6.92 Å². The Balaban J connectivity index is 1.73. The molecule has 0 aliphatic carbocycles. The van der Waals surface area contributed by atoms with Crippen LogP contribution in [0.4, 0.5) is 0 Å². The number of sulfonamides is 1. The SMILES string of the molecule is Cc1nccn1CCCN(C)S(=O)(=O)c1c[nH]c2ncccc12. The molecule has 7 nitrogen and oxygen atoms in total. The Morgan fingerprint density at radius 3 is 2.87 bits per heavy atom. The Hall–Kier alpha value is -2.19. The molecule has 0 aliphatic rings. The summed E-state index contributed by atoms with van der Waals surface area (Å²) in [5.41, 5.74) is 0.577. The lowest BCUT2D eigenvalue weighted by Crippen LogP contribution is -2.28. The van der Waals surface area contributed by atoms with E-state index in [0.29, 0.717) is 24.0 Å². The zero-order valence-electron chi connectivity index (χ0n) is 13.1. The molecule has 0 fully saturated rings. The van der Waals surface area contributed by atoms with Crippen molar-refractivity contribution in [3.63, 3.8) is 0 Å². The fraction of sp³-hybridized carbons (Fsp3) is 0.333. The van der Waals surface area contributed by atoms with Crippen molar-refractivity contribution in [2.24, 2.45) is 0 Å². The zero-order valence-corrected chi connectivity index (χ0v) is 13.9. The maximum atomic E-state index is 12.7. The maximum Gasteiger partial charge on any atom is 0.245 e. The number of aromatic amines is 1. The molecular formula is C15H19N5O2S. The fourth-order valence-corrected chi connectivity index (χ4v) is 3.89. The molecule has 1 N–H and O–H groups in total. The van der Waals surface area contributed by atoms with Gasteiger partial charge in [0, 0.05) is 50.3 Å². The summed E-state index contributed by atoms with van der Waals surface area (Å²) in [5.74, 6) is 0.929. The van der Waals surface area contributed by atoms with Crippen LogP contribution in [-0.4, -0.2) is 45.8 Å². The number of H-pyrrole nitrogens is 1. The van der Waals surface area contributed by atoms with Crippen LogP contribution in [0.25, 0.3) is 11.0 Å². The maximum absolute atomic E-state index is 12.7.